The number of nitrogens with zero attached hydrogens (tertiary/aromatic N) is 3. The van der Waals surface area contributed by atoms with Crippen LogP contribution in [0.25, 0.3) is 16.6 Å². The molecule has 4 rings (SSSR count). The SMILES string of the molecule is CC(=O)n1ccc2cc(Nc3nc4ccc(C)cn4c(=O)c3C(=O)O)ccc21. The molecule has 1 aromatic carbocycles. The second kappa shape index (κ2) is 6.34. The zero-order chi connectivity index (χ0) is 20.0. The van der Waals surface area contributed by atoms with Gasteiger partial charge < -0.3 is 10.4 Å². The smallest absolute Gasteiger partial charge is 0.345 e. The largest absolute Gasteiger partial charge is 0.477 e. The molecule has 3 aromatic heterocycles. The van der Waals surface area contributed by atoms with Gasteiger partial charge in [0.05, 0.1) is 5.52 Å². The zero-order valence-corrected chi connectivity index (χ0v) is 15.1. The highest BCUT2D eigenvalue weighted by Crippen LogP contribution is 2.24. The van der Waals surface area contributed by atoms with Gasteiger partial charge in [0.15, 0.2) is 11.4 Å². The highest BCUT2D eigenvalue weighted by atomic mass is 16.4. The standard InChI is InChI=1S/C20H16N4O4/c1-11-3-6-16-22-18(17(20(27)28)19(26)24(16)10-11)21-14-4-5-15-13(9-14)7-8-23(15)12(2)25/h3-10,21H,1-2H3,(H,27,28). The molecule has 0 amide bonds. The minimum Gasteiger partial charge on any atom is -0.477 e. The molecular formula is C20H16N4O4. The Morgan fingerprint density at radius 2 is 1.93 bits per heavy atom. The number of pyridine rings is 1. The van der Waals surface area contributed by atoms with E-state index in [1.54, 1.807) is 55.7 Å². The molecule has 0 bridgehead atoms. The molecule has 0 aliphatic carbocycles. The zero-order valence-electron chi connectivity index (χ0n) is 15.1. The molecule has 8 nitrogen and oxygen atoms in total. The van der Waals surface area contributed by atoms with Gasteiger partial charge in [-0.2, -0.15) is 0 Å². The summed E-state index contributed by atoms with van der Waals surface area (Å²) >= 11 is 0. The number of aryl methyl sites for hydroxylation is 1. The third-order valence-corrected chi connectivity index (χ3v) is 4.48. The van der Waals surface area contributed by atoms with E-state index in [4.69, 9.17) is 0 Å². The van der Waals surface area contributed by atoms with Crippen LogP contribution in [0, 0.1) is 6.92 Å². The molecule has 0 aliphatic rings. The van der Waals surface area contributed by atoms with Crippen LogP contribution in [0.15, 0.2) is 53.6 Å². The van der Waals surface area contributed by atoms with E-state index in [2.05, 4.69) is 10.3 Å². The van der Waals surface area contributed by atoms with Crippen molar-refractivity contribution in [1.82, 2.24) is 14.0 Å². The summed E-state index contributed by atoms with van der Waals surface area (Å²) in [5.41, 5.74) is 1.34. The first kappa shape index (κ1) is 17.5. The number of anilines is 2. The number of hydrogen-bond acceptors (Lipinski definition) is 5. The third-order valence-electron chi connectivity index (χ3n) is 4.48. The number of aromatic nitrogens is 3. The lowest BCUT2D eigenvalue weighted by Crippen LogP contribution is -2.25. The summed E-state index contributed by atoms with van der Waals surface area (Å²) in [7, 11) is 0. The highest BCUT2D eigenvalue weighted by molar-refractivity contribution is 5.96. The number of carboxylic acid groups (broad SMARTS) is 1. The number of fused-ring (bicyclic) bond motifs is 2. The summed E-state index contributed by atoms with van der Waals surface area (Å²) in [5.74, 6) is -1.50. The fourth-order valence-corrected chi connectivity index (χ4v) is 3.16. The van der Waals surface area contributed by atoms with Crippen molar-refractivity contribution in [2.45, 2.75) is 13.8 Å². The van der Waals surface area contributed by atoms with Crippen LogP contribution in [0.4, 0.5) is 11.5 Å². The average Bonchev–Trinajstić information content (AvgIpc) is 3.05. The molecule has 0 fully saturated rings. The Morgan fingerprint density at radius 1 is 1.14 bits per heavy atom. The van der Waals surface area contributed by atoms with Crippen molar-refractivity contribution >= 4 is 39.9 Å². The maximum atomic E-state index is 12.7. The molecule has 3 heterocycles. The van der Waals surface area contributed by atoms with Crippen molar-refractivity contribution in [3.05, 3.63) is 70.3 Å². The third kappa shape index (κ3) is 2.81. The van der Waals surface area contributed by atoms with Gasteiger partial charge in [0.1, 0.15) is 5.65 Å². The van der Waals surface area contributed by atoms with E-state index in [9.17, 15) is 19.5 Å². The Kier molecular flexibility index (Phi) is 3.96. The van der Waals surface area contributed by atoms with Crippen molar-refractivity contribution < 1.29 is 14.7 Å². The Hall–Kier alpha value is -3.94. The van der Waals surface area contributed by atoms with Gasteiger partial charge in [-0.1, -0.05) is 6.07 Å². The first-order valence-electron chi connectivity index (χ1n) is 8.50. The van der Waals surface area contributed by atoms with Crippen LogP contribution >= 0.6 is 0 Å². The maximum Gasteiger partial charge on any atom is 0.345 e. The van der Waals surface area contributed by atoms with Gasteiger partial charge in [0.2, 0.25) is 5.91 Å². The Balaban J connectivity index is 1.85. The molecule has 140 valence electrons. The molecule has 4 aromatic rings. The van der Waals surface area contributed by atoms with E-state index in [-0.39, 0.29) is 11.7 Å². The summed E-state index contributed by atoms with van der Waals surface area (Å²) in [6.07, 6.45) is 3.22. The number of rotatable bonds is 3. The normalized spacial score (nSPS) is 11.1. The second-order valence-corrected chi connectivity index (χ2v) is 6.48. The molecule has 2 N–H and O–H groups in total. The van der Waals surface area contributed by atoms with Crippen molar-refractivity contribution in [1.29, 1.82) is 0 Å². The van der Waals surface area contributed by atoms with E-state index in [1.165, 1.54) is 15.9 Å². The van der Waals surface area contributed by atoms with Gasteiger partial charge in [-0.25, -0.2) is 9.78 Å². The molecule has 0 spiro atoms. The predicted molar refractivity (Wildman–Crippen MR) is 105 cm³/mol. The van der Waals surface area contributed by atoms with Crippen LogP contribution in [0.3, 0.4) is 0 Å². The van der Waals surface area contributed by atoms with E-state index < -0.39 is 17.1 Å². The second-order valence-electron chi connectivity index (χ2n) is 6.48. The minimum absolute atomic E-state index is 0.0355. The molecule has 28 heavy (non-hydrogen) atoms. The minimum atomic E-state index is -1.36. The number of hydrogen-bond donors (Lipinski definition) is 2. The summed E-state index contributed by atoms with van der Waals surface area (Å²) in [6.45, 7) is 3.28. The van der Waals surface area contributed by atoms with Gasteiger partial charge in [-0.05, 0) is 42.8 Å². The molecule has 0 aliphatic heterocycles. The van der Waals surface area contributed by atoms with Gasteiger partial charge in [0, 0.05) is 30.4 Å². The van der Waals surface area contributed by atoms with E-state index >= 15 is 0 Å². The fourth-order valence-electron chi connectivity index (χ4n) is 3.16. The molecular weight excluding hydrogens is 360 g/mol. The van der Waals surface area contributed by atoms with Crippen LogP contribution < -0.4 is 10.9 Å². The molecule has 0 radical (unpaired) electrons. The van der Waals surface area contributed by atoms with Crippen LogP contribution in [0.5, 0.6) is 0 Å². The Morgan fingerprint density at radius 3 is 2.64 bits per heavy atom. The quantitative estimate of drug-likeness (QED) is 0.569. The molecule has 0 unspecified atom stereocenters. The monoisotopic (exact) mass is 376 g/mol. The first-order chi connectivity index (χ1) is 13.3. The number of benzene rings is 1. The number of carbonyl (C=O) groups excluding carboxylic acids is 1. The summed E-state index contributed by atoms with van der Waals surface area (Å²) in [4.78, 5) is 40.4. The summed E-state index contributed by atoms with van der Waals surface area (Å²) < 4.78 is 2.74. The van der Waals surface area contributed by atoms with Crippen LogP contribution in [0.2, 0.25) is 0 Å². The number of carboxylic acids is 1. The number of aromatic carboxylic acids is 1. The van der Waals surface area contributed by atoms with Crippen LogP contribution in [0.1, 0.15) is 27.6 Å². The van der Waals surface area contributed by atoms with E-state index in [1.807, 2.05) is 0 Å². The lowest BCUT2D eigenvalue weighted by molar-refractivity contribution is 0.0695. The topological polar surface area (TPSA) is 106 Å². The van der Waals surface area contributed by atoms with Gasteiger partial charge >= 0.3 is 5.97 Å². The molecule has 0 saturated carbocycles. The van der Waals surface area contributed by atoms with Gasteiger partial charge in [-0.3, -0.25) is 18.6 Å². The van der Waals surface area contributed by atoms with E-state index in [0.717, 1.165) is 16.5 Å². The van der Waals surface area contributed by atoms with Crippen molar-refractivity contribution in [3.8, 4) is 0 Å². The Bertz CT molecular complexity index is 1330. The molecule has 0 saturated heterocycles. The summed E-state index contributed by atoms with van der Waals surface area (Å²) in [6, 6.07) is 10.4. The van der Waals surface area contributed by atoms with Gasteiger partial charge in [0.25, 0.3) is 5.56 Å². The van der Waals surface area contributed by atoms with Crippen molar-refractivity contribution in [3.63, 3.8) is 0 Å². The fraction of sp³-hybridized carbons (Fsp3) is 0.100. The Labute approximate surface area is 158 Å². The molecule has 8 heteroatoms. The lowest BCUT2D eigenvalue weighted by Gasteiger charge is -2.11. The van der Waals surface area contributed by atoms with Crippen molar-refractivity contribution in [2.24, 2.45) is 0 Å². The summed E-state index contributed by atoms with van der Waals surface area (Å²) in [5, 5.41) is 13.3. The van der Waals surface area contributed by atoms with E-state index in [0.29, 0.717) is 11.3 Å². The van der Waals surface area contributed by atoms with Crippen LogP contribution in [-0.4, -0.2) is 30.9 Å². The number of nitrogens with one attached hydrogen (secondary N) is 1. The average molecular weight is 376 g/mol. The first-order valence-corrected chi connectivity index (χ1v) is 8.50. The van der Waals surface area contributed by atoms with Gasteiger partial charge in [-0.15, -0.1) is 0 Å². The van der Waals surface area contributed by atoms with Crippen LogP contribution in [-0.2, 0) is 0 Å². The highest BCUT2D eigenvalue weighted by Gasteiger charge is 2.20. The van der Waals surface area contributed by atoms with Crippen molar-refractivity contribution in [2.75, 3.05) is 5.32 Å². The predicted octanol–water partition coefficient (Wildman–Crippen LogP) is 3.06. The lowest BCUT2D eigenvalue weighted by atomic mass is 10.2. The number of carbonyl (C=O) groups is 2. The maximum absolute atomic E-state index is 12.7. The molecule has 0 atom stereocenters.